The number of rotatable bonds is 8. The minimum Gasteiger partial charge on any atom is -0.396 e. The van der Waals surface area contributed by atoms with E-state index in [1.165, 1.54) is 10.9 Å². The maximum Gasteiger partial charge on any atom is 0.0702 e. The van der Waals surface area contributed by atoms with Crippen LogP contribution < -0.4 is 0 Å². The summed E-state index contributed by atoms with van der Waals surface area (Å²) in [6.45, 7) is 6.03. The number of aliphatic hydroxyl groups excluding tert-OH is 1. The van der Waals surface area contributed by atoms with Gasteiger partial charge in [0.25, 0.3) is 0 Å². The summed E-state index contributed by atoms with van der Waals surface area (Å²) in [7, 11) is 3.90. The molecular weight excluding hydrogens is 326 g/mol. The van der Waals surface area contributed by atoms with Crippen molar-refractivity contribution in [3.8, 4) is 0 Å². The number of ether oxygens (including phenoxy) is 1. The molecule has 1 N–H and O–H groups in total. The van der Waals surface area contributed by atoms with Gasteiger partial charge in [-0.2, -0.15) is 0 Å². The molecule has 5 nitrogen and oxygen atoms in total. The molecule has 1 fully saturated rings. The summed E-state index contributed by atoms with van der Waals surface area (Å²) in [5, 5.41) is 10.9. The molecule has 3 rings (SSSR count). The van der Waals surface area contributed by atoms with Crippen molar-refractivity contribution in [1.82, 2.24) is 14.8 Å². The molecule has 26 heavy (non-hydrogen) atoms. The van der Waals surface area contributed by atoms with E-state index in [2.05, 4.69) is 46.1 Å². The molecule has 5 heteroatoms. The van der Waals surface area contributed by atoms with Gasteiger partial charge in [0.05, 0.1) is 12.1 Å². The van der Waals surface area contributed by atoms with Gasteiger partial charge in [-0.3, -0.25) is 9.88 Å². The van der Waals surface area contributed by atoms with Gasteiger partial charge < -0.3 is 14.7 Å². The van der Waals surface area contributed by atoms with Crippen LogP contribution in [0.5, 0.6) is 0 Å². The lowest BCUT2D eigenvalue weighted by Gasteiger charge is -2.38. The average molecular weight is 357 g/mol. The zero-order chi connectivity index (χ0) is 18.4. The molecule has 0 unspecified atom stereocenters. The van der Waals surface area contributed by atoms with Gasteiger partial charge in [-0.1, -0.05) is 12.1 Å². The van der Waals surface area contributed by atoms with E-state index in [1.807, 2.05) is 12.3 Å². The lowest BCUT2D eigenvalue weighted by Crippen LogP contribution is -2.45. The van der Waals surface area contributed by atoms with E-state index in [9.17, 15) is 5.11 Å². The fourth-order valence-corrected chi connectivity index (χ4v) is 4.08. The molecule has 0 radical (unpaired) electrons. The molecule has 0 spiro atoms. The van der Waals surface area contributed by atoms with E-state index in [1.54, 1.807) is 7.11 Å². The molecule has 0 amide bonds. The van der Waals surface area contributed by atoms with Crippen molar-refractivity contribution in [2.45, 2.75) is 13.0 Å². The molecular formula is C21H31N3O2. The van der Waals surface area contributed by atoms with E-state index in [-0.39, 0.29) is 6.61 Å². The highest BCUT2D eigenvalue weighted by Crippen LogP contribution is 2.24. The number of methoxy groups -OCH3 is 1. The number of hydrogen-bond donors (Lipinski definition) is 1. The Bertz CT molecular complexity index is 694. The van der Waals surface area contributed by atoms with Crippen LogP contribution in [-0.4, -0.2) is 73.4 Å². The van der Waals surface area contributed by atoms with E-state index < -0.39 is 0 Å². The number of likely N-dealkylation sites (N-methyl/N-ethyl adjacent to an activating group) is 1. The minimum absolute atomic E-state index is 0.274. The Morgan fingerprint density at radius 2 is 2.12 bits per heavy atom. The summed E-state index contributed by atoms with van der Waals surface area (Å²) >= 11 is 0. The van der Waals surface area contributed by atoms with Crippen molar-refractivity contribution in [1.29, 1.82) is 0 Å². The van der Waals surface area contributed by atoms with Gasteiger partial charge in [0.1, 0.15) is 0 Å². The van der Waals surface area contributed by atoms with Crippen LogP contribution in [0.1, 0.15) is 12.0 Å². The Hall–Kier alpha value is -1.53. The Kier molecular flexibility index (Phi) is 6.97. The number of hydrogen-bond acceptors (Lipinski definition) is 5. The first-order valence-corrected chi connectivity index (χ1v) is 9.52. The van der Waals surface area contributed by atoms with Gasteiger partial charge >= 0.3 is 0 Å². The van der Waals surface area contributed by atoms with Crippen molar-refractivity contribution in [2.75, 3.05) is 53.6 Å². The lowest BCUT2D eigenvalue weighted by molar-refractivity contribution is 0.0615. The minimum atomic E-state index is 0.274. The van der Waals surface area contributed by atoms with Crippen molar-refractivity contribution in [3.05, 3.63) is 42.1 Å². The Morgan fingerprint density at radius 1 is 1.27 bits per heavy atom. The van der Waals surface area contributed by atoms with Crippen LogP contribution in [0.15, 0.2) is 36.5 Å². The molecule has 1 aromatic carbocycles. The number of piperidine rings is 1. The van der Waals surface area contributed by atoms with Crippen molar-refractivity contribution in [3.63, 3.8) is 0 Å². The van der Waals surface area contributed by atoms with Crippen LogP contribution in [0.2, 0.25) is 0 Å². The molecule has 1 aliphatic rings. The zero-order valence-electron chi connectivity index (χ0n) is 16.0. The second-order valence-electron chi connectivity index (χ2n) is 7.63. The van der Waals surface area contributed by atoms with E-state index in [0.29, 0.717) is 11.8 Å². The SMILES string of the molecule is COCCN(C)C[C@H]1C[C@H](CO)CN(Cc2ccc3ncccc3c2)C1. The Balaban J connectivity index is 1.63. The molecule has 0 bridgehead atoms. The van der Waals surface area contributed by atoms with Crippen LogP contribution in [-0.2, 0) is 11.3 Å². The quantitative estimate of drug-likeness (QED) is 0.785. The summed E-state index contributed by atoms with van der Waals surface area (Å²) in [6, 6.07) is 10.6. The third kappa shape index (κ3) is 5.24. The maximum absolute atomic E-state index is 9.74. The van der Waals surface area contributed by atoms with E-state index in [0.717, 1.165) is 51.3 Å². The van der Waals surface area contributed by atoms with Crippen molar-refractivity contribution >= 4 is 10.9 Å². The summed E-state index contributed by atoms with van der Waals surface area (Å²) < 4.78 is 5.18. The van der Waals surface area contributed by atoms with Crippen LogP contribution in [0.3, 0.4) is 0 Å². The Morgan fingerprint density at radius 3 is 2.92 bits per heavy atom. The molecule has 2 atom stereocenters. The fourth-order valence-electron chi connectivity index (χ4n) is 4.08. The van der Waals surface area contributed by atoms with Crippen molar-refractivity contribution < 1.29 is 9.84 Å². The van der Waals surface area contributed by atoms with Crippen molar-refractivity contribution in [2.24, 2.45) is 11.8 Å². The zero-order valence-corrected chi connectivity index (χ0v) is 16.0. The monoisotopic (exact) mass is 357 g/mol. The predicted octanol–water partition coefficient (Wildman–Crippen LogP) is 2.24. The molecule has 142 valence electrons. The van der Waals surface area contributed by atoms with Crippen LogP contribution in [0.4, 0.5) is 0 Å². The number of aliphatic hydroxyl groups is 1. The normalized spacial score (nSPS) is 21.5. The largest absolute Gasteiger partial charge is 0.396 e. The summed E-state index contributed by atoms with van der Waals surface area (Å²) in [6.07, 6.45) is 2.94. The van der Waals surface area contributed by atoms with E-state index >= 15 is 0 Å². The highest BCUT2D eigenvalue weighted by molar-refractivity contribution is 5.78. The number of aromatic nitrogens is 1. The number of benzene rings is 1. The second-order valence-corrected chi connectivity index (χ2v) is 7.63. The average Bonchev–Trinajstić information content (AvgIpc) is 2.66. The summed E-state index contributed by atoms with van der Waals surface area (Å²) in [5.41, 5.74) is 2.36. The van der Waals surface area contributed by atoms with Crippen LogP contribution in [0.25, 0.3) is 10.9 Å². The smallest absolute Gasteiger partial charge is 0.0702 e. The van der Waals surface area contributed by atoms with Gasteiger partial charge in [-0.05, 0) is 49.1 Å². The fraction of sp³-hybridized carbons (Fsp3) is 0.571. The third-order valence-corrected chi connectivity index (χ3v) is 5.28. The highest BCUT2D eigenvalue weighted by Gasteiger charge is 2.27. The number of pyridine rings is 1. The van der Waals surface area contributed by atoms with Crippen LogP contribution in [0, 0.1) is 11.8 Å². The standard InChI is InChI=1S/C21H31N3O2/c1-23(8-9-26-2)12-18-10-19(16-25)15-24(14-18)13-17-5-6-21-20(11-17)4-3-7-22-21/h3-7,11,18-19,25H,8-10,12-16H2,1-2H3/t18-,19+/m1/s1. The lowest BCUT2D eigenvalue weighted by atomic mass is 9.89. The molecule has 1 aromatic heterocycles. The summed E-state index contributed by atoms with van der Waals surface area (Å²) in [4.78, 5) is 9.24. The first-order valence-electron chi connectivity index (χ1n) is 9.52. The molecule has 1 aliphatic heterocycles. The molecule has 0 saturated carbocycles. The Labute approximate surface area is 156 Å². The van der Waals surface area contributed by atoms with Gasteiger partial charge in [0, 0.05) is 58.0 Å². The maximum atomic E-state index is 9.74. The third-order valence-electron chi connectivity index (χ3n) is 5.28. The topological polar surface area (TPSA) is 48.8 Å². The number of likely N-dealkylation sites (tertiary alicyclic amines) is 1. The predicted molar refractivity (Wildman–Crippen MR) is 105 cm³/mol. The van der Waals surface area contributed by atoms with Crippen LogP contribution >= 0.6 is 0 Å². The number of fused-ring (bicyclic) bond motifs is 1. The van der Waals surface area contributed by atoms with Gasteiger partial charge in [0.2, 0.25) is 0 Å². The van der Waals surface area contributed by atoms with Gasteiger partial charge in [0.15, 0.2) is 0 Å². The van der Waals surface area contributed by atoms with Gasteiger partial charge in [-0.15, -0.1) is 0 Å². The molecule has 1 saturated heterocycles. The molecule has 2 heterocycles. The summed E-state index contributed by atoms with van der Waals surface area (Å²) in [5.74, 6) is 0.955. The first-order chi connectivity index (χ1) is 12.7. The first kappa shape index (κ1) is 19.2. The van der Waals surface area contributed by atoms with Gasteiger partial charge in [-0.25, -0.2) is 0 Å². The second kappa shape index (κ2) is 9.42. The highest BCUT2D eigenvalue weighted by atomic mass is 16.5. The van der Waals surface area contributed by atoms with E-state index in [4.69, 9.17) is 4.74 Å². The molecule has 2 aromatic rings. The number of nitrogens with zero attached hydrogens (tertiary/aromatic N) is 3. The molecule has 0 aliphatic carbocycles.